The predicted octanol–water partition coefficient (Wildman–Crippen LogP) is 4.23. The van der Waals surface area contributed by atoms with E-state index < -0.39 is 10.0 Å². The Labute approximate surface area is 184 Å². The molecule has 0 radical (unpaired) electrons. The van der Waals surface area contributed by atoms with Gasteiger partial charge in [-0.15, -0.1) is 0 Å². The lowest BCUT2D eigenvalue weighted by Gasteiger charge is -2.26. The second kappa shape index (κ2) is 8.30. The zero-order valence-electron chi connectivity index (χ0n) is 18.1. The highest BCUT2D eigenvalue weighted by molar-refractivity contribution is 7.93. The van der Waals surface area contributed by atoms with Crippen LogP contribution in [0.25, 0.3) is 0 Å². The normalized spacial score (nSPS) is 15.8. The SMILES string of the molecule is Cc1ccc(C(C)(C)c2ccc(OCc3ccnc(N4CCCS4(=O)=O)n3)cc2)cc1. The van der Waals surface area contributed by atoms with Gasteiger partial charge in [0, 0.05) is 18.2 Å². The van der Waals surface area contributed by atoms with Crippen LogP contribution in [0.3, 0.4) is 0 Å². The van der Waals surface area contributed by atoms with Crippen LogP contribution in [0.5, 0.6) is 5.75 Å². The van der Waals surface area contributed by atoms with Gasteiger partial charge in [0.1, 0.15) is 12.4 Å². The van der Waals surface area contributed by atoms with E-state index in [9.17, 15) is 8.42 Å². The number of anilines is 1. The minimum Gasteiger partial charge on any atom is -0.487 e. The summed E-state index contributed by atoms with van der Waals surface area (Å²) >= 11 is 0. The summed E-state index contributed by atoms with van der Waals surface area (Å²) in [6.45, 7) is 7.17. The van der Waals surface area contributed by atoms with Crippen molar-refractivity contribution in [1.29, 1.82) is 0 Å². The predicted molar refractivity (Wildman–Crippen MR) is 122 cm³/mol. The highest BCUT2D eigenvalue weighted by Gasteiger charge is 2.30. The quantitative estimate of drug-likeness (QED) is 0.577. The van der Waals surface area contributed by atoms with Crippen molar-refractivity contribution in [2.24, 2.45) is 0 Å². The molecule has 0 N–H and O–H groups in total. The van der Waals surface area contributed by atoms with Crippen molar-refractivity contribution in [2.75, 3.05) is 16.6 Å². The Bertz CT molecular complexity index is 1160. The lowest BCUT2D eigenvalue weighted by Crippen LogP contribution is -2.27. The molecule has 4 rings (SSSR count). The van der Waals surface area contributed by atoms with Gasteiger partial charge in [0.15, 0.2) is 0 Å². The molecule has 6 nitrogen and oxygen atoms in total. The number of aromatic nitrogens is 2. The fourth-order valence-electron chi connectivity index (χ4n) is 3.71. The maximum Gasteiger partial charge on any atom is 0.239 e. The van der Waals surface area contributed by atoms with Gasteiger partial charge in [0.25, 0.3) is 0 Å². The van der Waals surface area contributed by atoms with E-state index in [4.69, 9.17) is 4.74 Å². The van der Waals surface area contributed by atoms with E-state index in [1.54, 1.807) is 12.3 Å². The number of hydrogen-bond acceptors (Lipinski definition) is 5. The van der Waals surface area contributed by atoms with Gasteiger partial charge in [-0.2, -0.15) is 0 Å². The highest BCUT2D eigenvalue weighted by atomic mass is 32.2. The van der Waals surface area contributed by atoms with Crippen LogP contribution in [0.2, 0.25) is 0 Å². The molecule has 1 aliphatic heterocycles. The molecule has 0 unspecified atom stereocenters. The number of nitrogens with zero attached hydrogens (tertiary/aromatic N) is 3. The van der Waals surface area contributed by atoms with Crippen LogP contribution in [0, 0.1) is 6.92 Å². The minimum atomic E-state index is -3.30. The Balaban J connectivity index is 1.44. The summed E-state index contributed by atoms with van der Waals surface area (Å²) in [4.78, 5) is 8.50. The first-order valence-electron chi connectivity index (χ1n) is 10.4. The van der Waals surface area contributed by atoms with Gasteiger partial charge < -0.3 is 4.74 Å². The number of rotatable bonds is 6. The maximum absolute atomic E-state index is 12.1. The number of sulfonamides is 1. The first kappa shape index (κ1) is 21.3. The van der Waals surface area contributed by atoms with Crippen molar-refractivity contribution >= 4 is 16.0 Å². The van der Waals surface area contributed by atoms with E-state index in [2.05, 4.69) is 67.1 Å². The first-order chi connectivity index (χ1) is 14.8. The third-order valence-corrected chi connectivity index (χ3v) is 7.58. The Morgan fingerprint density at radius 1 is 1.00 bits per heavy atom. The van der Waals surface area contributed by atoms with E-state index >= 15 is 0 Å². The topological polar surface area (TPSA) is 72.4 Å². The largest absolute Gasteiger partial charge is 0.487 e. The van der Waals surface area contributed by atoms with Gasteiger partial charge in [0.05, 0.1) is 11.4 Å². The van der Waals surface area contributed by atoms with E-state index in [0.717, 1.165) is 5.75 Å². The van der Waals surface area contributed by atoms with Crippen molar-refractivity contribution in [3.05, 3.63) is 83.2 Å². The Kier molecular flexibility index (Phi) is 5.71. The lowest BCUT2D eigenvalue weighted by atomic mass is 9.78. The Morgan fingerprint density at radius 2 is 1.65 bits per heavy atom. The van der Waals surface area contributed by atoms with Crippen molar-refractivity contribution in [3.63, 3.8) is 0 Å². The number of aryl methyl sites for hydroxylation is 1. The van der Waals surface area contributed by atoms with E-state index in [1.807, 2.05) is 12.1 Å². The number of benzene rings is 2. The third kappa shape index (κ3) is 4.56. The molecule has 0 amide bonds. The molecule has 2 aromatic carbocycles. The standard InChI is InChI=1S/C24H27N3O3S/c1-18-5-7-19(8-6-18)24(2,3)20-9-11-22(12-10-20)30-17-21-13-14-25-23(26-21)27-15-4-16-31(27,28)29/h5-14H,4,15-17H2,1-3H3. The molecule has 3 aromatic rings. The molecule has 1 aromatic heterocycles. The summed E-state index contributed by atoms with van der Waals surface area (Å²) < 4.78 is 31.4. The molecular formula is C24H27N3O3S. The van der Waals surface area contributed by atoms with Crippen LogP contribution in [-0.4, -0.2) is 30.7 Å². The molecule has 1 saturated heterocycles. The molecule has 0 aliphatic carbocycles. The van der Waals surface area contributed by atoms with Crippen LogP contribution in [-0.2, 0) is 22.0 Å². The zero-order chi connectivity index (χ0) is 22.1. The summed E-state index contributed by atoms with van der Waals surface area (Å²) in [7, 11) is -3.30. The van der Waals surface area contributed by atoms with Crippen molar-refractivity contribution in [3.8, 4) is 5.75 Å². The smallest absolute Gasteiger partial charge is 0.239 e. The van der Waals surface area contributed by atoms with Crippen molar-refractivity contribution in [2.45, 2.75) is 39.2 Å². The molecule has 0 atom stereocenters. The Morgan fingerprint density at radius 3 is 2.26 bits per heavy atom. The zero-order valence-corrected chi connectivity index (χ0v) is 18.9. The molecule has 31 heavy (non-hydrogen) atoms. The summed E-state index contributed by atoms with van der Waals surface area (Å²) in [6, 6.07) is 18.4. The van der Waals surface area contributed by atoms with Crippen LogP contribution < -0.4 is 9.04 Å². The van der Waals surface area contributed by atoms with E-state index in [-0.39, 0.29) is 23.7 Å². The molecule has 162 valence electrons. The van der Waals surface area contributed by atoms with Crippen molar-refractivity contribution in [1.82, 2.24) is 9.97 Å². The van der Waals surface area contributed by atoms with Gasteiger partial charge in [-0.25, -0.2) is 22.7 Å². The van der Waals surface area contributed by atoms with Crippen LogP contribution in [0.15, 0.2) is 60.8 Å². The average molecular weight is 438 g/mol. The molecule has 0 saturated carbocycles. The van der Waals surface area contributed by atoms with Crippen LogP contribution in [0.4, 0.5) is 5.95 Å². The number of hydrogen-bond donors (Lipinski definition) is 0. The summed E-state index contributed by atoms with van der Waals surface area (Å²) in [5, 5.41) is 0. The molecule has 0 spiro atoms. The lowest BCUT2D eigenvalue weighted by molar-refractivity contribution is 0.301. The fourth-order valence-corrected chi connectivity index (χ4v) is 5.17. The molecule has 2 heterocycles. The van der Waals surface area contributed by atoms with Crippen molar-refractivity contribution < 1.29 is 13.2 Å². The molecule has 1 fully saturated rings. The average Bonchev–Trinajstić information content (AvgIpc) is 3.12. The first-order valence-corrected chi connectivity index (χ1v) is 12.0. The van der Waals surface area contributed by atoms with E-state index in [1.165, 1.54) is 21.0 Å². The summed E-state index contributed by atoms with van der Waals surface area (Å²) in [5.41, 5.74) is 4.23. The number of ether oxygens (including phenoxy) is 1. The Hall–Kier alpha value is -2.93. The third-order valence-electron chi connectivity index (χ3n) is 5.76. The summed E-state index contributed by atoms with van der Waals surface area (Å²) in [5.74, 6) is 1.09. The van der Waals surface area contributed by atoms with Gasteiger partial charge >= 0.3 is 0 Å². The monoisotopic (exact) mass is 437 g/mol. The van der Waals surface area contributed by atoms with Gasteiger partial charge in [-0.1, -0.05) is 55.8 Å². The molecular weight excluding hydrogens is 410 g/mol. The highest BCUT2D eigenvalue weighted by Crippen LogP contribution is 2.32. The van der Waals surface area contributed by atoms with Gasteiger partial charge in [0.2, 0.25) is 16.0 Å². The van der Waals surface area contributed by atoms with Gasteiger partial charge in [-0.05, 0) is 42.7 Å². The second-order valence-electron chi connectivity index (χ2n) is 8.39. The minimum absolute atomic E-state index is 0.116. The molecule has 1 aliphatic rings. The van der Waals surface area contributed by atoms with Crippen LogP contribution in [0.1, 0.15) is 42.7 Å². The molecule has 0 bridgehead atoms. The van der Waals surface area contributed by atoms with Crippen LogP contribution >= 0.6 is 0 Å². The summed E-state index contributed by atoms with van der Waals surface area (Å²) in [6.07, 6.45) is 2.17. The van der Waals surface area contributed by atoms with E-state index in [0.29, 0.717) is 18.7 Å². The van der Waals surface area contributed by atoms with Gasteiger partial charge in [-0.3, -0.25) is 0 Å². The second-order valence-corrected chi connectivity index (χ2v) is 10.4. The maximum atomic E-state index is 12.1. The fraction of sp³-hybridized carbons (Fsp3) is 0.333. The molecule has 7 heteroatoms.